The summed E-state index contributed by atoms with van der Waals surface area (Å²) in [6.45, 7) is 0.313. The molecule has 3 N–H and O–H groups in total. The van der Waals surface area contributed by atoms with E-state index in [0.29, 0.717) is 13.0 Å². The number of aliphatic hydroxyl groups excluding tert-OH is 1. The molecule has 0 spiro atoms. The highest BCUT2D eigenvalue weighted by Gasteiger charge is 2.11. The average molecular weight is 336 g/mol. The van der Waals surface area contributed by atoms with Crippen LogP contribution in [0, 0.1) is 0 Å². The molecule has 0 atom stereocenters. The predicted molar refractivity (Wildman–Crippen MR) is 96.6 cm³/mol. The van der Waals surface area contributed by atoms with Crippen LogP contribution in [-0.4, -0.2) is 27.7 Å². The Balaban J connectivity index is 1.98. The van der Waals surface area contributed by atoms with E-state index in [4.69, 9.17) is 5.11 Å². The van der Waals surface area contributed by atoms with Gasteiger partial charge in [-0.05, 0) is 31.0 Å². The number of phenols is 2. The zero-order valence-electron chi connectivity index (χ0n) is 14.7. The molecule has 1 aromatic rings. The van der Waals surface area contributed by atoms with Crippen molar-refractivity contribution in [2.75, 3.05) is 6.61 Å². The van der Waals surface area contributed by atoms with Crippen LogP contribution < -0.4 is 0 Å². The number of carbonyl (C=O) groups is 1. The van der Waals surface area contributed by atoms with Gasteiger partial charge in [0.25, 0.3) is 0 Å². The minimum Gasteiger partial charge on any atom is -0.508 e. The first-order valence-electron chi connectivity index (χ1n) is 9.31. The fraction of sp³-hybridized carbons (Fsp3) is 0.650. The lowest BCUT2D eigenvalue weighted by atomic mass is 10.0. The number of carbonyl (C=O) groups excluding carboxylic acids is 1. The van der Waals surface area contributed by atoms with Crippen molar-refractivity contribution in [3.8, 4) is 11.5 Å². The van der Waals surface area contributed by atoms with Crippen LogP contribution in [0.2, 0.25) is 0 Å². The Morgan fingerprint density at radius 3 is 1.79 bits per heavy atom. The van der Waals surface area contributed by atoms with E-state index < -0.39 is 0 Å². The summed E-state index contributed by atoms with van der Waals surface area (Å²) in [6.07, 6.45) is 13.0. The lowest BCUT2D eigenvalue weighted by molar-refractivity contribution is 0.0976. The standard InChI is InChI=1S/C20H32O4/c21-15-11-9-7-5-3-1-2-4-6-8-10-12-19(23)18-16-17(22)13-14-20(18)24/h13-14,16,21-22,24H,1-12,15H2. The second-order valence-corrected chi connectivity index (χ2v) is 6.49. The van der Waals surface area contributed by atoms with Gasteiger partial charge >= 0.3 is 0 Å². The van der Waals surface area contributed by atoms with Crippen LogP contribution in [0.25, 0.3) is 0 Å². The van der Waals surface area contributed by atoms with Gasteiger partial charge < -0.3 is 15.3 Å². The maximum absolute atomic E-state index is 12.0. The van der Waals surface area contributed by atoms with E-state index in [1.165, 1.54) is 56.7 Å². The zero-order valence-corrected chi connectivity index (χ0v) is 14.7. The summed E-state index contributed by atoms with van der Waals surface area (Å²) in [5.41, 5.74) is 0.219. The molecule has 24 heavy (non-hydrogen) atoms. The van der Waals surface area contributed by atoms with Gasteiger partial charge in [-0.1, -0.05) is 57.8 Å². The topological polar surface area (TPSA) is 77.8 Å². The van der Waals surface area contributed by atoms with Crippen molar-refractivity contribution in [3.05, 3.63) is 23.8 Å². The number of Topliss-reactive ketones (excluding diaryl/α,β-unsaturated/α-hetero) is 1. The molecule has 0 aliphatic heterocycles. The van der Waals surface area contributed by atoms with Crippen molar-refractivity contribution in [2.24, 2.45) is 0 Å². The Morgan fingerprint density at radius 1 is 0.750 bits per heavy atom. The fourth-order valence-electron chi connectivity index (χ4n) is 2.87. The molecule has 0 aliphatic carbocycles. The van der Waals surface area contributed by atoms with E-state index in [1.54, 1.807) is 0 Å². The predicted octanol–water partition coefficient (Wildman–Crippen LogP) is 4.95. The minimum absolute atomic E-state index is 0.00695. The van der Waals surface area contributed by atoms with Gasteiger partial charge in [0.15, 0.2) is 5.78 Å². The monoisotopic (exact) mass is 336 g/mol. The van der Waals surface area contributed by atoms with Gasteiger partial charge in [0, 0.05) is 13.0 Å². The highest BCUT2D eigenvalue weighted by molar-refractivity contribution is 5.98. The molecule has 4 nitrogen and oxygen atoms in total. The quantitative estimate of drug-likeness (QED) is 0.255. The van der Waals surface area contributed by atoms with Crippen LogP contribution in [-0.2, 0) is 0 Å². The summed E-state index contributed by atoms with van der Waals surface area (Å²) in [4.78, 5) is 12.0. The molecule has 0 saturated carbocycles. The highest BCUT2D eigenvalue weighted by atomic mass is 16.3. The second kappa shape index (κ2) is 12.8. The van der Waals surface area contributed by atoms with Crippen molar-refractivity contribution in [1.29, 1.82) is 0 Å². The molecule has 0 aliphatic rings. The number of ketones is 1. The number of aliphatic hydroxyl groups is 1. The number of aromatic hydroxyl groups is 2. The van der Waals surface area contributed by atoms with E-state index in [9.17, 15) is 15.0 Å². The first-order chi connectivity index (χ1) is 11.6. The Hall–Kier alpha value is -1.55. The third-order valence-corrected chi connectivity index (χ3v) is 4.34. The Bertz CT molecular complexity index is 471. The summed E-state index contributed by atoms with van der Waals surface area (Å²) in [6, 6.07) is 4.06. The van der Waals surface area contributed by atoms with Gasteiger partial charge in [-0.2, -0.15) is 0 Å². The number of unbranched alkanes of at least 4 members (excludes halogenated alkanes) is 10. The molecule has 0 aromatic heterocycles. The first-order valence-corrected chi connectivity index (χ1v) is 9.31. The van der Waals surface area contributed by atoms with Crippen molar-refractivity contribution >= 4 is 5.78 Å². The van der Waals surface area contributed by atoms with E-state index in [1.807, 2.05) is 0 Å². The van der Waals surface area contributed by atoms with Crippen LogP contribution in [0.5, 0.6) is 11.5 Å². The number of phenolic OH excluding ortho intramolecular Hbond substituents is 2. The summed E-state index contributed by atoms with van der Waals surface area (Å²) >= 11 is 0. The third kappa shape index (κ3) is 8.92. The number of hydrogen-bond donors (Lipinski definition) is 3. The maximum atomic E-state index is 12.0. The van der Waals surface area contributed by atoms with Crippen LogP contribution in [0.4, 0.5) is 0 Å². The molecule has 0 fully saturated rings. The van der Waals surface area contributed by atoms with Crippen LogP contribution in [0.3, 0.4) is 0 Å². The molecule has 0 radical (unpaired) electrons. The minimum atomic E-state index is -0.105. The third-order valence-electron chi connectivity index (χ3n) is 4.34. The summed E-state index contributed by atoms with van der Waals surface area (Å²) in [5.74, 6) is -0.157. The van der Waals surface area contributed by atoms with Gasteiger partial charge in [0.05, 0.1) is 5.56 Å². The van der Waals surface area contributed by atoms with Gasteiger partial charge in [0.1, 0.15) is 11.5 Å². The SMILES string of the molecule is O=C(CCCCCCCCCCCCCO)c1cc(O)ccc1O. The summed E-state index contributed by atoms with van der Waals surface area (Å²) in [7, 11) is 0. The Morgan fingerprint density at radius 2 is 1.25 bits per heavy atom. The molecule has 0 saturated heterocycles. The average Bonchev–Trinajstić information content (AvgIpc) is 2.57. The van der Waals surface area contributed by atoms with Gasteiger partial charge in [-0.15, -0.1) is 0 Å². The van der Waals surface area contributed by atoms with Gasteiger partial charge in [0.2, 0.25) is 0 Å². The molecule has 0 bridgehead atoms. The lowest BCUT2D eigenvalue weighted by Crippen LogP contribution is -1.99. The Labute approximate surface area is 145 Å². The molecular formula is C20H32O4. The molecule has 136 valence electrons. The van der Waals surface area contributed by atoms with E-state index in [2.05, 4.69) is 0 Å². The first kappa shape index (κ1) is 20.5. The van der Waals surface area contributed by atoms with E-state index in [0.717, 1.165) is 32.1 Å². The van der Waals surface area contributed by atoms with Gasteiger partial charge in [-0.3, -0.25) is 4.79 Å². The fourth-order valence-corrected chi connectivity index (χ4v) is 2.87. The largest absolute Gasteiger partial charge is 0.508 e. The van der Waals surface area contributed by atoms with Crippen molar-refractivity contribution in [1.82, 2.24) is 0 Å². The van der Waals surface area contributed by atoms with Crippen LogP contribution in [0.15, 0.2) is 18.2 Å². The second-order valence-electron chi connectivity index (χ2n) is 6.49. The molecular weight excluding hydrogens is 304 g/mol. The molecule has 0 unspecified atom stereocenters. The number of benzene rings is 1. The summed E-state index contributed by atoms with van der Waals surface area (Å²) < 4.78 is 0. The van der Waals surface area contributed by atoms with Crippen molar-refractivity contribution in [3.63, 3.8) is 0 Å². The molecule has 1 aromatic carbocycles. The lowest BCUT2D eigenvalue weighted by Gasteiger charge is -2.05. The maximum Gasteiger partial charge on any atom is 0.166 e. The molecule has 0 heterocycles. The van der Waals surface area contributed by atoms with Gasteiger partial charge in [-0.25, -0.2) is 0 Å². The molecule has 4 heteroatoms. The van der Waals surface area contributed by atoms with Crippen LogP contribution >= 0.6 is 0 Å². The highest BCUT2D eigenvalue weighted by Crippen LogP contribution is 2.24. The number of rotatable bonds is 14. The van der Waals surface area contributed by atoms with Crippen LogP contribution in [0.1, 0.15) is 87.4 Å². The van der Waals surface area contributed by atoms with Crippen molar-refractivity contribution in [2.45, 2.75) is 77.0 Å². The molecule has 1 rings (SSSR count). The molecule has 0 amide bonds. The smallest absolute Gasteiger partial charge is 0.166 e. The zero-order chi connectivity index (χ0) is 17.6. The van der Waals surface area contributed by atoms with Crippen molar-refractivity contribution < 1.29 is 20.1 Å². The summed E-state index contributed by atoms with van der Waals surface area (Å²) in [5, 5.41) is 27.7. The normalized spacial score (nSPS) is 10.9. The van der Waals surface area contributed by atoms with E-state index >= 15 is 0 Å². The Kier molecular flexibility index (Phi) is 10.9. The van der Waals surface area contributed by atoms with E-state index in [-0.39, 0.29) is 22.8 Å². The number of hydrogen-bond acceptors (Lipinski definition) is 4.